The Bertz CT molecular complexity index is 1140. The highest BCUT2D eigenvalue weighted by Gasteiger charge is 2.11. The predicted molar refractivity (Wildman–Crippen MR) is 125 cm³/mol. The molecule has 31 heavy (non-hydrogen) atoms. The molecule has 0 aromatic heterocycles. The molecule has 0 aliphatic carbocycles. The quantitative estimate of drug-likeness (QED) is 0.384. The number of aryl methyl sites for hydroxylation is 3. The van der Waals surface area contributed by atoms with E-state index in [0.717, 1.165) is 12.0 Å². The average molecular weight is 411 g/mol. The second kappa shape index (κ2) is 10.3. The number of nitrogens with zero attached hydrogens (tertiary/aromatic N) is 1. The molecule has 0 fully saturated rings. The average Bonchev–Trinajstić information content (AvgIpc) is 2.79. The third-order valence-corrected chi connectivity index (χ3v) is 5.17. The molecule has 0 saturated heterocycles. The van der Waals surface area contributed by atoms with Gasteiger partial charge in [-0.1, -0.05) is 55.5 Å². The van der Waals surface area contributed by atoms with Gasteiger partial charge in [0.05, 0.1) is 0 Å². The van der Waals surface area contributed by atoms with Crippen molar-refractivity contribution >= 4 is 17.7 Å². The maximum atomic E-state index is 12.6. The number of hydrogen-bond acceptors (Lipinski definition) is 3. The van der Waals surface area contributed by atoms with E-state index in [0.29, 0.717) is 23.6 Å². The maximum Gasteiger partial charge on any atom is 0.266 e. The van der Waals surface area contributed by atoms with Gasteiger partial charge >= 0.3 is 0 Å². The van der Waals surface area contributed by atoms with Crippen LogP contribution >= 0.6 is 0 Å². The van der Waals surface area contributed by atoms with Crippen LogP contribution in [0.3, 0.4) is 0 Å². The molecular weight excluding hydrogens is 384 g/mol. The van der Waals surface area contributed by atoms with E-state index in [1.54, 1.807) is 6.08 Å². The van der Waals surface area contributed by atoms with E-state index in [4.69, 9.17) is 4.74 Å². The van der Waals surface area contributed by atoms with E-state index in [1.165, 1.54) is 16.7 Å². The van der Waals surface area contributed by atoms with Crippen molar-refractivity contribution in [2.45, 2.75) is 33.8 Å². The molecule has 0 aliphatic rings. The van der Waals surface area contributed by atoms with Crippen molar-refractivity contribution in [1.82, 2.24) is 0 Å². The lowest BCUT2D eigenvalue weighted by molar-refractivity contribution is -0.112. The zero-order valence-electron chi connectivity index (χ0n) is 18.1. The number of carbonyl (C=O) groups is 1. The molecule has 1 N–H and O–H groups in total. The monoisotopic (exact) mass is 410 g/mol. The number of carbonyl (C=O) groups excluding carboxylic acids is 1. The molecule has 0 saturated carbocycles. The summed E-state index contributed by atoms with van der Waals surface area (Å²) in [7, 11) is 0. The zero-order valence-corrected chi connectivity index (χ0v) is 18.1. The molecule has 1 amide bonds. The van der Waals surface area contributed by atoms with Crippen LogP contribution in [-0.2, 0) is 17.8 Å². The molecule has 0 spiro atoms. The molecule has 0 bridgehead atoms. The van der Waals surface area contributed by atoms with Gasteiger partial charge in [-0.05, 0) is 66.8 Å². The van der Waals surface area contributed by atoms with E-state index in [1.807, 2.05) is 60.7 Å². The molecule has 156 valence electrons. The third-order valence-electron chi connectivity index (χ3n) is 5.17. The van der Waals surface area contributed by atoms with Gasteiger partial charge in [0.1, 0.15) is 24.0 Å². The van der Waals surface area contributed by atoms with Crippen molar-refractivity contribution in [3.63, 3.8) is 0 Å². The van der Waals surface area contributed by atoms with Crippen LogP contribution < -0.4 is 10.1 Å². The first-order chi connectivity index (χ1) is 15.0. The minimum atomic E-state index is -0.448. The molecule has 0 unspecified atom stereocenters. The molecule has 0 heterocycles. The van der Waals surface area contributed by atoms with Gasteiger partial charge in [0.25, 0.3) is 5.91 Å². The van der Waals surface area contributed by atoms with Crippen molar-refractivity contribution in [2.24, 2.45) is 0 Å². The lowest BCUT2D eigenvalue weighted by Crippen LogP contribution is -2.13. The summed E-state index contributed by atoms with van der Waals surface area (Å²) in [6, 6.07) is 23.2. The van der Waals surface area contributed by atoms with Crippen LogP contribution in [0, 0.1) is 25.2 Å². The molecule has 0 radical (unpaired) electrons. The summed E-state index contributed by atoms with van der Waals surface area (Å²) in [5.74, 6) is 0.171. The molecule has 4 heteroatoms. The Morgan fingerprint density at radius 1 is 1.00 bits per heavy atom. The largest absolute Gasteiger partial charge is 0.488 e. The van der Waals surface area contributed by atoms with E-state index < -0.39 is 5.91 Å². The number of hydrogen-bond donors (Lipinski definition) is 1. The van der Waals surface area contributed by atoms with Crippen molar-refractivity contribution in [2.75, 3.05) is 5.32 Å². The predicted octanol–water partition coefficient (Wildman–Crippen LogP) is 5.99. The van der Waals surface area contributed by atoms with Crippen LogP contribution in [0.2, 0.25) is 0 Å². The van der Waals surface area contributed by atoms with Crippen LogP contribution in [0.5, 0.6) is 5.75 Å². The van der Waals surface area contributed by atoms with Crippen LogP contribution in [0.1, 0.15) is 34.7 Å². The van der Waals surface area contributed by atoms with Crippen molar-refractivity contribution in [3.8, 4) is 11.8 Å². The fourth-order valence-electron chi connectivity index (χ4n) is 3.11. The Balaban J connectivity index is 1.76. The van der Waals surface area contributed by atoms with Crippen molar-refractivity contribution in [3.05, 3.63) is 100 Å². The van der Waals surface area contributed by atoms with Gasteiger partial charge in [0, 0.05) is 11.3 Å². The highest BCUT2D eigenvalue weighted by molar-refractivity contribution is 6.09. The molecule has 0 atom stereocenters. The number of nitrogens with one attached hydrogen (secondary N) is 1. The van der Waals surface area contributed by atoms with E-state index in [-0.39, 0.29) is 5.57 Å². The van der Waals surface area contributed by atoms with Gasteiger partial charge in [-0.15, -0.1) is 0 Å². The zero-order chi connectivity index (χ0) is 22.2. The number of amides is 1. The van der Waals surface area contributed by atoms with Crippen LogP contribution in [0.25, 0.3) is 6.08 Å². The van der Waals surface area contributed by atoms with Gasteiger partial charge in [-0.25, -0.2) is 0 Å². The minimum Gasteiger partial charge on any atom is -0.488 e. The van der Waals surface area contributed by atoms with Gasteiger partial charge in [0.2, 0.25) is 0 Å². The summed E-state index contributed by atoms with van der Waals surface area (Å²) in [6.07, 6.45) is 2.49. The van der Waals surface area contributed by atoms with E-state index in [9.17, 15) is 10.1 Å². The molecule has 3 rings (SSSR count). The van der Waals surface area contributed by atoms with E-state index >= 15 is 0 Å². The number of para-hydroxylation sites is 1. The smallest absolute Gasteiger partial charge is 0.266 e. The number of rotatable bonds is 7. The Hall–Kier alpha value is -3.84. The summed E-state index contributed by atoms with van der Waals surface area (Å²) in [6.45, 7) is 6.63. The van der Waals surface area contributed by atoms with Gasteiger partial charge in [-0.2, -0.15) is 5.26 Å². The SMILES string of the molecule is CCc1ccc(NC(=O)/C(C#N)=C/c2ccccc2OCc2ccc(C)c(C)c2)cc1. The summed E-state index contributed by atoms with van der Waals surface area (Å²) in [5, 5.41) is 12.3. The summed E-state index contributed by atoms with van der Waals surface area (Å²) in [5.41, 5.74) is 6.05. The molecule has 3 aromatic rings. The summed E-state index contributed by atoms with van der Waals surface area (Å²) >= 11 is 0. The molecular formula is C27H26N2O2. The topological polar surface area (TPSA) is 62.1 Å². The van der Waals surface area contributed by atoms with Gasteiger partial charge in [0.15, 0.2) is 0 Å². The second-order valence-electron chi connectivity index (χ2n) is 7.42. The van der Waals surface area contributed by atoms with Gasteiger partial charge < -0.3 is 10.1 Å². The Morgan fingerprint density at radius 3 is 2.39 bits per heavy atom. The number of nitriles is 1. The number of benzene rings is 3. The number of anilines is 1. The lowest BCUT2D eigenvalue weighted by Gasteiger charge is -2.11. The second-order valence-corrected chi connectivity index (χ2v) is 7.42. The number of ether oxygens (including phenoxy) is 1. The van der Waals surface area contributed by atoms with Crippen LogP contribution in [0.15, 0.2) is 72.3 Å². The molecule has 3 aromatic carbocycles. The normalized spacial score (nSPS) is 11.0. The maximum absolute atomic E-state index is 12.6. The minimum absolute atomic E-state index is 0.0156. The van der Waals surface area contributed by atoms with Crippen LogP contribution in [0.4, 0.5) is 5.69 Å². The Kier molecular flexibility index (Phi) is 7.24. The first-order valence-corrected chi connectivity index (χ1v) is 10.3. The molecule has 4 nitrogen and oxygen atoms in total. The summed E-state index contributed by atoms with van der Waals surface area (Å²) < 4.78 is 6.00. The van der Waals surface area contributed by atoms with Gasteiger partial charge in [-0.3, -0.25) is 4.79 Å². The van der Waals surface area contributed by atoms with Crippen molar-refractivity contribution < 1.29 is 9.53 Å². The highest BCUT2D eigenvalue weighted by Crippen LogP contribution is 2.23. The third kappa shape index (κ3) is 5.83. The first-order valence-electron chi connectivity index (χ1n) is 10.3. The highest BCUT2D eigenvalue weighted by atomic mass is 16.5. The summed E-state index contributed by atoms with van der Waals surface area (Å²) in [4.78, 5) is 12.6. The van der Waals surface area contributed by atoms with Crippen LogP contribution in [-0.4, -0.2) is 5.91 Å². The Morgan fingerprint density at radius 2 is 1.71 bits per heavy atom. The lowest BCUT2D eigenvalue weighted by atomic mass is 10.1. The molecule has 0 aliphatic heterocycles. The van der Waals surface area contributed by atoms with Crippen molar-refractivity contribution in [1.29, 1.82) is 5.26 Å². The Labute approximate surface area is 183 Å². The fourth-order valence-corrected chi connectivity index (χ4v) is 3.11. The first kappa shape index (κ1) is 21.9. The fraction of sp³-hybridized carbons (Fsp3) is 0.185. The van der Waals surface area contributed by atoms with E-state index in [2.05, 4.69) is 38.2 Å². The standard InChI is InChI=1S/C27H26N2O2/c1-4-21-11-13-25(14-12-21)29-27(30)24(17-28)16-23-7-5-6-8-26(23)31-18-22-10-9-19(2)20(3)15-22/h5-16H,4,18H2,1-3H3,(H,29,30)/b24-16+.